The lowest BCUT2D eigenvalue weighted by Gasteiger charge is -2.20. The van der Waals surface area contributed by atoms with Crippen molar-refractivity contribution in [2.24, 2.45) is 7.05 Å². The molecule has 27 heavy (non-hydrogen) atoms. The molecule has 7 heteroatoms. The normalized spacial score (nSPS) is 12.0. The lowest BCUT2D eigenvalue weighted by atomic mass is 10.0. The van der Waals surface area contributed by atoms with Crippen LogP contribution in [0.25, 0.3) is 0 Å². The molecule has 3 rings (SSSR count). The van der Waals surface area contributed by atoms with Crippen molar-refractivity contribution in [3.63, 3.8) is 0 Å². The van der Waals surface area contributed by atoms with E-state index in [9.17, 15) is 9.18 Å². The molecule has 0 radical (unpaired) electrons. The van der Waals surface area contributed by atoms with Crippen LogP contribution in [-0.4, -0.2) is 15.5 Å². The summed E-state index contributed by atoms with van der Waals surface area (Å²) >= 11 is 12.2. The molecule has 0 saturated carbocycles. The van der Waals surface area contributed by atoms with E-state index in [1.807, 2.05) is 6.07 Å². The fourth-order valence-corrected chi connectivity index (χ4v) is 3.28. The summed E-state index contributed by atoms with van der Waals surface area (Å²) in [6, 6.07) is 11.0. The van der Waals surface area contributed by atoms with Gasteiger partial charge in [-0.1, -0.05) is 53.5 Å². The topological polar surface area (TPSA) is 46.9 Å². The largest absolute Gasteiger partial charge is 0.342 e. The van der Waals surface area contributed by atoms with Crippen molar-refractivity contribution in [1.29, 1.82) is 0 Å². The fraction of sp³-hybridized carbons (Fsp3) is 0.200. The zero-order chi connectivity index (χ0) is 19.4. The van der Waals surface area contributed by atoms with Crippen LogP contribution in [0.4, 0.5) is 4.39 Å². The van der Waals surface area contributed by atoms with Crippen LogP contribution in [0.2, 0.25) is 10.0 Å². The van der Waals surface area contributed by atoms with Crippen molar-refractivity contribution in [2.75, 3.05) is 0 Å². The van der Waals surface area contributed by atoms with E-state index in [-0.39, 0.29) is 12.3 Å². The van der Waals surface area contributed by atoms with Crippen molar-refractivity contribution in [1.82, 2.24) is 14.9 Å². The van der Waals surface area contributed by atoms with Gasteiger partial charge in [0.2, 0.25) is 5.91 Å². The van der Waals surface area contributed by atoms with Crippen LogP contribution in [0.15, 0.2) is 54.9 Å². The SMILES string of the molecule is Cn1ccnc1C(NC(=O)CCc1cccc(Cl)c1Cl)c1ccccc1F. The van der Waals surface area contributed by atoms with Gasteiger partial charge in [0, 0.05) is 31.4 Å². The van der Waals surface area contributed by atoms with Crippen molar-refractivity contribution < 1.29 is 9.18 Å². The van der Waals surface area contributed by atoms with Crippen LogP contribution in [-0.2, 0) is 18.3 Å². The third kappa shape index (κ3) is 4.49. The van der Waals surface area contributed by atoms with Gasteiger partial charge in [0.15, 0.2) is 0 Å². The molecule has 2 aromatic carbocycles. The lowest BCUT2D eigenvalue weighted by Crippen LogP contribution is -2.31. The molecule has 1 aromatic heterocycles. The van der Waals surface area contributed by atoms with E-state index in [1.165, 1.54) is 6.07 Å². The number of benzene rings is 2. The summed E-state index contributed by atoms with van der Waals surface area (Å²) in [6.45, 7) is 0. The lowest BCUT2D eigenvalue weighted by molar-refractivity contribution is -0.121. The number of imidazole rings is 1. The number of halogens is 3. The third-order valence-corrected chi connectivity index (χ3v) is 5.15. The first-order valence-electron chi connectivity index (χ1n) is 8.41. The van der Waals surface area contributed by atoms with E-state index in [0.29, 0.717) is 27.9 Å². The molecular formula is C20H18Cl2FN3O. The van der Waals surface area contributed by atoms with Gasteiger partial charge in [-0.3, -0.25) is 4.79 Å². The maximum absolute atomic E-state index is 14.3. The van der Waals surface area contributed by atoms with Crippen LogP contribution in [0.3, 0.4) is 0 Å². The second-order valence-corrected chi connectivity index (χ2v) is 6.92. The minimum atomic E-state index is -0.687. The first-order valence-corrected chi connectivity index (χ1v) is 9.17. The number of hydrogen-bond donors (Lipinski definition) is 1. The maximum Gasteiger partial charge on any atom is 0.221 e. The van der Waals surface area contributed by atoms with Crippen LogP contribution < -0.4 is 5.32 Å². The van der Waals surface area contributed by atoms with Gasteiger partial charge < -0.3 is 9.88 Å². The number of aromatic nitrogens is 2. The van der Waals surface area contributed by atoms with Gasteiger partial charge in [-0.25, -0.2) is 9.37 Å². The number of nitrogens with one attached hydrogen (secondary N) is 1. The number of amides is 1. The standard InChI is InChI=1S/C20H18Cl2FN3O/c1-26-12-11-24-20(26)19(14-6-2-3-8-16(14)23)25-17(27)10-9-13-5-4-7-15(21)18(13)22/h2-8,11-12,19H,9-10H2,1H3,(H,25,27). The van der Waals surface area contributed by atoms with Gasteiger partial charge in [-0.05, 0) is 24.1 Å². The number of aryl methyl sites for hydroxylation is 2. The van der Waals surface area contributed by atoms with E-state index < -0.39 is 11.9 Å². The highest BCUT2D eigenvalue weighted by atomic mass is 35.5. The van der Waals surface area contributed by atoms with E-state index in [2.05, 4.69) is 10.3 Å². The summed E-state index contributed by atoms with van der Waals surface area (Å²) in [7, 11) is 1.80. The Morgan fingerprint density at radius 1 is 1.22 bits per heavy atom. The van der Waals surface area contributed by atoms with Crippen LogP contribution >= 0.6 is 23.2 Å². The molecule has 1 atom stereocenters. The van der Waals surface area contributed by atoms with Gasteiger partial charge >= 0.3 is 0 Å². The highest BCUT2D eigenvalue weighted by Crippen LogP contribution is 2.27. The van der Waals surface area contributed by atoms with E-state index in [1.54, 1.807) is 54.3 Å². The molecule has 0 fully saturated rings. The molecule has 3 aromatic rings. The number of rotatable bonds is 6. The van der Waals surface area contributed by atoms with Crippen LogP contribution in [0, 0.1) is 5.82 Å². The molecule has 1 amide bonds. The first kappa shape index (κ1) is 19.4. The molecule has 0 aliphatic carbocycles. The first-order chi connectivity index (χ1) is 13.0. The Morgan fingerprint density at radius 2 is 2.00 bits per heavy atom. The van der Waals surface area contributed by atoms with Crippen molar-refractivity contribution >= 4 is 29.1 Å². The molecule has 0 aliphatic heterocycles. The molecular weight excluding hydrogens is 388 g/mol. The highest BCUT2D eigenvalue weighted by molar-refractivity contribution is 6.42. The third-order valence-electron chi connectivity index (χ3n) is 4.29. The minimum absolute atomic E-state index is 0.190. The minimum Gasteiger partial charge on any atom is -0.342 e. The van der Waals surface area contributed by atoms with Gasteiger partial charge in [0.05, 0.1) is 10.0 Å². The molecule has 140 valence electrons. The fourth-order valence-electron chi connectivity index (χ4n) is 2.87. The molecule has 0 saturated heterocycles. The molecule has 1 heterocycles. The van der Waals surface area contributed by atoms with Crippen LogP contribution in [0.5, 0.6) is 0 Å². The van der Waals surface area contributed by atoms with Crippen molar-refractivity contribution in [3.05, 3.63) is 87.7 Å². The molecule has 0 aliphatic rings. The second-order valence-electron chi connectivity index (χ2n) is 6.13. The molecule has 0 bridgehead atoms. The van der Waals surface area contributed by atoms with E-state index >= 15 is 0 Å². The van der Waals surface area contributed by atoms with Gasteiger partial charge in [-0.15, -0.1) is 0 Å². The molecule has 1 N–H and O–H groups in total. The Kier molecular flexibility index (Phi) is 6.14. The van der Waals surface area contributed by atoms with E-state index in [0.717, 1.165) is 5.56 Å². The summed E-state index contributed by atoms with van der Waals surface area (Å²) < 4.78 is 16.1. The summed E-state index contributed by atoms with van der Waals surface area (Å²) in [6.07, 6.45) is 3.98. The quantitative estimate of drug-likeness (QED) is 0.645. The average Bonchev–Trinajstić information content (AvgIpc) is 3.07. The number of carbonyl (C=O) groups excluding carboxylic acids is 1. The monoisotopic (exact) mass is 405 g/mol. The highest BCUT2D eigenvalue weighted by Gasteiger charge is 2.23. The maximum atomic E-state index is 14.3. The number of nitrogens with zero attached hydrogens (tertiary/aromatic N) is 2. The van der Waals surface area contributed by atoms with E-state index in [4.69, 9.17) is 23.2 Å². The summed E-state index contributed by atoms with van der Waals surface area (Å²) in [5.74, 6) is -0.0831. The second kappa shape index (κ2) is 8.55. The Bertz CT molecular complexity index is 958. The average molecular weight is 406 g/mol. The number of hydrogen-bond acceptors (Lipinski definition) is 2. The summed E-state index contributed by atoms with van der Waals surface area (Å²) in [5, 5.41) is 3.78. The molecule has 4 nitrogen and oxygen atoms in total. The number of carbonyl (C=O) groups is 1. The van der Waals surface area contributed by atoms with Gasteiger partial charge in [-0.2, -0.15) is 0 Å². The zero-order valence-electron chi connectivity index (χ0n) is 14.6. The summed E-state index contributed by atoms with van der Waals surface area (Å²) in [5.41, 5.74) is 1.15. The van der Waals surface area contributed by atoms with Crippen molar-refractivity contribution in [2.45, 2.75) is 18.9 Å². The zero-order valence-corrected chi connectivity index (χ0v) is 16.1. The molecule has 1 unspecified atom stereocenters. The van der Waals surface area contributed by atoms with Crippen LogP contribution in [0.1, 0.15) is 29.4 Å². The predicted molar refractivity (Wildman–Crippen MR) is 104 cm³/mol. The van der Waals surface area contributed by atoms with Crippen molar-refractivity contribution in [3.8, 4) is 0 Å². The Labute approximate surface area is 166 Å². The Balaban J connectivity index is 1.78. The summed E-state index contributed by atoms with van der Waals surface area (Å²) in [4.78, 5) is 16.8. The smallest absolute Gasteiger partial charge is 0.221 e. The Morgan fingerprint density at radius 3 is 2.70 bits per heavy atom. The predicted octanol–water partition coefficient (Wildman–Crippen LogP) is 4.70. The van der Waals surface area contributed by atoms with Gasteiger partial charge in [0.25, 0.3) is 0 Å². The Hall–Kier alpha value is -2.37. The van der Waals surface area contributed by atoms with Gasteiger partial charge in [0.1, 0.15) is 17.7 Å². The molecule has 0 spiro atoms.